The second kappa shape index (κ2) is 5.28. The SMILES string of the molecule is CCN(CC1CCCO1)CC(O)C1CC1. The summed E-state index contributed by atoms with van der Waals surface area (Å²) in [6.45, 7) is 5.94. The topological polar surface area (TPSA) is 32.7 Å². The van der Waals surface area contributed by atoms with Crippen molar-refractivity contribution in [1.29, 1.82) is 0 Å². The number of rotatable bonds is 6. The van der Waals surface area contributed by atoms with Gasteiger partial charge in [0.1, 0.15) is 0 Å². The highest BCUT2D eigenvalue weighted by molar-refractivity contribution is 4.83. The van der Waals surface area contributed by atoms with E-state index in [1.165, 1.54) is 25.7 Å². The summed E-state index contributed by atoms with van der Waals surface area (Å²) in [6, 6.07) is 0. The van der Waals surface area contributed by atoms with E-state index >= 15 is 0 Å². The predicted octanol–water partition coefficient (Wildman–Crippen LogP) is 1.26. The van der Waals surface area contributed by atoms with E-state index in [9.17, 15) is 5.11 Å². The van der Waals surface area contributed by atoms with Gasteiger partial charge in [0.05, 0.1) is 12.2 Å². The molecule has 0 bridgehead atoms. The van der Waals surface area contributed by atoms with Crippen molar-refractivity contribution in [2.24, 2.45) is 5.92 Å². The monoisotopic (exact) mass is 213 g/mol. The zero-order valence-corrected chi connectivity index (χ0v) is 9.69. The van der Waals surface area contributed by atoms with Crippen LogP contribution in [-0.4, -0.2) is 48.5 Å². The maximum Gasteiger partial charge on any atom is 0.0702 e. The summed E-state index contributed by atoms with van der Waals surface area (Å²) in [5.74, 6) is 0.587. The highest BCUT2D eigenvalue weighted by Gasteiger charge is 2.31. The van der Waals surface area contributed by atoms with Gasteiger partial charge in [-0.15, -0.1) is 0 Å². The molecule has 2 atom stereocenters. The van der Waals surface area contributed by atoms with Crippen molar-refractivity contribution in [2.45, 2.75) is 44.8 Å². The summed E-state index contributed by atoms with van der Waals surface area (Å²) in [5, 5.41) is 9.88. The first kappa shape index (κ1) is 11.4. The van der Waals surface area contributed by atoms with Gasteiger partial charge < -0.3 is 9.84 Å². The molecule has 0 aromatic rings. The van der Waals surface area contributed by atoms with Crippen LogP contribution >= 0.6 is 0 Å². The number of likely N-dealkylation sites (N-methyl/N-ethyl adjacent to an activating group) is 1. The summed E-state index contributed by atoms with van der Waals surface area (Å²) < 4.78 is 5.62. The minimum absolute atomic E-state index is 0.105. The number of hydrogen-bond acceptors (Lipinski definition) is 3. The lowest BCUT2D eigenvalue weighted by Crippen LogP contribution is -2.38. The van der Waals surface area contributed by atoms with E-state index in [0.717, 1.165) is 26.2 Å². The number of aliphatic hydroxyl groups is 1. The van der Waals surface area contributed by atoms with E-state index in [4.69, 9.17) is 4.74 Å². The van der Waals surface area contributed by atoms with E-state index in [0.29, 0.717) is 12.0 Å². The zero-order chi connectivity index (χ0) is 10.7. The third-order valence-electron chi connectivity index (χ3n) is 3.54. The van der Waals surface area contributed by atoms with Crippen molar-refractivity contribution in [1.82, 2.24) is 4.90 Å². The Labute approximate surface area is 92.4 Å². The molecule has 0 aromatic carbocycles. The van der Waals surface area contributed by atoms with Crippen molar-refractivity contribution >= 4 is 0 Å². The fourth-order valence-corrected chi connectivity index (χ4v) is 2.30. The molecule has 1 aliphatic heterocycles. The third kappa shape index (κ3) is 3.44. The highest BCUT2D eigenvalue weighted by Crippen LogP contribution is 2.32. The average Bonchev–Trinajstić information content (AvgIpc) is 2.97. The summed E-state index contributed by atoms with van der Waals surface area (Å²) in [4.78, 5) is 2.33. The second-order valence-corrected chi connectivity index (χ2v) is 4.89. The molecule has 88 valence electrons. The Balaban J connectivity index is 1.70. The molecule has 2 aliphatic rings. The predicted molar refractivity (Wildman–Crippen MR) is 59.8 cm³/mol. The first-order valence-electron chi connectivity index (χ1n) is 6.31. The molecular weight excluding hydrogens is 190 g/mol. The molecule has 0 radical (unpaired) electrons. The van der Waals surface area contributed by atoms with Crippen LogP contribution in [0, 0.1) is 5.92 Å². The number of nitrogens with zero attached hydrogens (tertiary/aromatic N) is 1. The lowest BCUT2D eigenvalue weighted by molar-refractivity contribution is 0.0461. The summed E-state index contributed by atoms with van der Waals surface area (Å²) in [6.07, 6.45) is 5.14. The van der Waals surface area contributed by atoms with Crippen LogP contribution < -0.4 is 0 Å². The fraction of sp³-hybridized carbons (Fsp3) is 1.00. The Morgan fingerprint density at radius 1 is 1.40 bits per heavy atom. The molecule has 0 aromatic heterocycles. The Bertz CT molecular complexity index is 184. The average molecular weight is 213 g/mol. The minimum atomic E-state index is -0.105. The van der Waals surface area contributed by atoms with Crippen LogP contribution in [0.1, 0.15) is 32.6 Å². The Morgan fingerprint density at radius 2 is 2.20 bits per heavy atom. The van der Waals surface area contributed by atoms with Crippen molar-refractivity contribution in [2.75, 3.05) is 26.2 Å². The molecule has 3 heteroatoms. The van der Waals surface area contributed by atoms with Crippen LogP contribution in [-0.2, 0) is 4.74 Å². The lowest BCUT2D eigenvalue weighted by Gasteiger charge is -2.26. The van der Waals surface area contributed by atoms with Crippen LogP contribution in [0.25, 0.3) is 0 Å². The molecule has 1 heterocycles. The number of ether oxygens (including phenoxy) is 1. The van der Waals surface area contributed by atoms with Crippen LogP contribution in [0.5, 0.6) is 0 Å². The van der Waals surface area contributed by atoms with Gasteiger partial charge in [0.2, 0.25) is 0 Å². The smallest absolute Gasteiger partial charge is 0.0702 e. The van der Waals surface area contributed by atoms with Crippen molar-refractivity contribution in [3.63, 3.8) is 0 Å². The molecule has 1 N–H and O–H groups in total. The molecule has 1 saturated heterocycles. The standard InChI is InChI=1S/C12H23NO2/c1-2-13(8-11-4-3-7-15-11)9-12(14)10-5-6-10/h10-12,14H,2-9H2,1H3. The van der Waals surface area contributed by atoms with Gasteiger partial charge in [-0.1, -0.05) is 6.92 Å². The third-order valence-corrected chi connectivity index (χ3v) is 3.54. The van der Waals surface area contributed by atoms with Gasteiger partial charge in [-0.3, -0.25) is 4.90 Å². The van der Waals surface area contributed by atoms with Crippen LogP contribution in [0.15, 0.2) is 0 Å². The highest BCUT2D eigenvalue weighted by atomic mass is 16.5. The lowest BCUT2D eigenvalue weighted by atomic mass is 10.2. The molecule has 15 heavy (non-hydrogen) atoms. The maximum absolute atomic E-state index is 9.88. The van der Waals surface area contributed by atoms with Gasteiger partial charge >= 0.3 is 0 Å². The summed E-state index contributed by atoms with van der Waals surface area (Å²) in [7, 11) is 0. The van der Waals surface area contributed by atoms with Crippen LogP contribution in [0.2, 0.25) is 0 Å². The minimum Gasteiger partial charge on any atom is -0.392 e. The van der Waals surface area contributed by atoms with E-state index in [1.54, 1.807) is 0 Å². The maximum atomic E-state index is 9.88. The van der Waals surface area contributed by atoms with Gasteiger partial charge in [0.15, 0.2) is 0 Å². The van der Waals surface area contributed by atoms with Gasteiger partial charge in [-0.2, -0.15) is 0 Å². The van der Waals surface area contributed by atoms with Crippen molar-refractivity contribution in [3.8, 4) is 0 Å². The molecule has 1 saturated carbocycles. The van der Waals surface area contributed by atoms with E-state index < -0.39 is 0 Å². The molecule has 3 nitrogen and oxygen atoms in total. The first-order valence-corrected chi connectivity index (χ1v) is 6.31. The van der Waals surface area contributed by atoms with Gasteiger partial charge in [0.25, 0.3) is 0 Å². The molecular formula is C12H23NO2. The van der Waals surface area contributed by atoms with Crippen LogP contribution in [0.4, 0.5) is 0 Å². The molecule has 2 fully saturated rings. The van der Waals surface area contributed by atoms with E-state index in [1.807, 2.05) is 0 Å². The summed E-state index contributed by atoms with van der Waals surface area (Å²) in [5.41, 5.74) is 0. The van der Waals surface area contributed by atoms with E-state index in [2.05, 4.69) is 11.8 Å². The molecule has 2 rings (SSSR count). The largest absolute Gasteiger partial charge is 0.392 e. The Hall–Kier alpha value is -0.120. The van der Waals surface area contributed by atoms with Crippen LogP contribution in [0.3, 0.4) is 0 Å². The first-order chi connectivity index (χ1) is 7.29. The Morgan fingerprint density at radius 3 is 2.73 bits per heavy atom. The van der Waals surface area contributed by atoms with E-state index in [-0.39, 0.29) is 6.10 Å². The molecule has 0 amide bonds. The van der Waals surface area contributed by atoms with Crippen molar-refractivity contribution in [3.05, 3.63) is 0 Å². The van der Waals surface area contributed by atoms with Gasteiger partial charge in [-0.25, -0.2) is 0 Å². The Kier molecular flexibility index (Phi) is 4.00. The fourth-order valence-electron chi connectivity index (χ4n) is 2.30. The second-order valence-electron chi connectivity index (χ2n) is 4.89. The van der Waals surface area contributed by atoms with Gasteiger partial charge in [0, 0.05) is 19.7 Å². The number of hydrogen-bond donors (Lipinski definition) is 1. The molecule has 2 unspecified atom stereocenters. The van der Waals surface area contributed by atoms with Crippen molar-refractivity contribution < 1.29 is 9.84 Å². The molecule has 1 aliphatic carbocycles. The summed E-state index contributed by atoms with van der Waals surface area (Å²) >= 11 is 0. The number of aliphatic hydroxyl groups excluding tert-OH is 1. The molecule has 0 spiro atoms. The van der Waals surface area contributed by atoms with Gasteiger partial charge in [-0.05, 0) is 38.1 Å². The quantitative estimate of drug-likeness (QED) is 0.721. The normalized spacial score (nSPS) is 28.6. The zero-order valence-electron chi connectivity index (χ0n) is 9.69.